The standard InChI is InChI=1S/C20H14ClN5O2S2/c1-2-9-29-20-25-24-19(30-20)23-11-15-13-5-3-4-6-14(13)17(27)26(18(15)28)16-8-7-12(21)10-22-16/h2-8,10-11,28H,1,9H2. The summed E-state index contributed by atoms with van der Waals surface area (Å²) in [6, 6.07) is 10.2. The Morgan fingerprint density at radius 2 is 2.03 bits per heavy atom. The minimum atomic E-state index is -0.394. The van der Waals surface area contributed by atoms with E-state index in [1.807, 2.05) is 0 Å². The number of fused-ring (bicyclic) bond motifs is 1. The first-order valence-electron chi connectivity index (χ1n) is 8.68. The van der Waals surface area contributed by atoms with Crippen LogP contribution in [0.5, 0.6) is 5.88 Å². The third-order valence-electron chi connectivity index (χ3n) is 4.07. The van der Waals surface area contributed by atoms with Crippen molar-refractivity contribution in [1.82, 2.24) is 19.7 Å². The molecule has 0 spiro atoms. The van der Waals surface area contributed by atoms with Gasteiger partial charge in [-0.15, -0.1) is 16.8 Å². The summed E-state index contributed by atoms with van der Waals surface area (Å²) in [4.78, 5) is 21.5. The van der Waals surface area contributed by atoms with Crippen molar-refractivity contribution in [2.24, 2.45) is 4.99 Å². The zero-order valence-corrected chi connectivity index (χ0v) is 17.8. The number of aromatic hydroxyl groups is 1. The number of aliphatic imine (C=N–C) groups is 1. The number of hydrogen-bond donors (Lipinski definition) is 1. The third kappa shape index (κ3) is 4.00. The molecule has 0 bridgehead atoms. The SMILES string of the molecule is C=CCSc1nnc(N=Cc2c(O)n(-c3ccc(Cl)cn3)c(=O)c3ccccc23)s1. The second kappa shape index (κ2) is 8.78. The highest BCUT2D eigenvalue weighted by Gasteiger charge is 2.17. The van der Waals surface area contributed by atoms with Crippen LogP contribution >= 0.6 is 34.7 Å². The van der Waals surface area contributed by atoms with E-state index in [9.17, 15) is 9.90 Å². The van der Waals surface area contributed by atoms with Crippen molar-refractivity contribution in [3.8, 4) is 11.7 Å². The van der Waals surface area contributed by atoms with Gasteiger partial charge in [0.15, 0.2) is 4.34 Å². The first-order chi connectivity index (χ1) is 14.6. The van der Waals surface area contributed by atoms with Crippen molar-refractivity contribution in [2.75, 3.05) is 5.75 Å². The quantitative estimate of drug-likeness (QED) is 0.259. The van der Waals surface area contributed by atoms with Gasteiger partial charge in [-0.1, -0.05) is 59.0 Å². The summed E-state index contributed by atoms with van der Waals surface area (Å²) in [5.41, 5.74) is -0.0217. The lowest BCUT2D eigenvalue weighted by Gasteiger charge is -2.12. The topological polar surface area (TPSA) is 93.3 Å². The molecule has 3 heterocycles. The molecule has 0 fully saturated rings. The Balaban J connectivity index is 1.84. The van der Waals surface area contributed by atoms with E-state index < -0.39 is 5.56 Å². The minimum absolute atomic E-state index is 0.251. The fourth-order valence-corrected chi connectivity index (χ4v) is 4.32. The van der Waals surface area contributed by atoms with Gasteiger partial charge in [-0.05, 0) is 18.2 Å². The Labute approximate surface area is 184 Å². The molecule has 150 valence electrons. The highest BCUT2D eigenvalue weighted by molar-refractivity contribution is 8.01. The lowest BCUT2D eigenvalue weighted by molar-refractivity contribution is 0.435. The molecular weight excluding hydrogens is 442 g/mol. The van der Waals surface area contributed by atoms with Gasteiger partial charge in [-0.25, -0.2) is 14.5 Å². The summed E-state index contributed by atoms with van der Waals surface area (Å²) in [7, 11) is 0. The fourth-order valence-electron chi connectivity index (χ4n) is 2.77. The van der Waals surface area contributed by atoms with E-state index in [2.05, 4.69) is 26.8 Å². The zero-order chi connectivity index (χ0) is 21.1. The van der Waals surface area contributed by atoms with Crippen LogP contribution < -0.4 is 5.56 Å². The Morgan fingerprint density at radius 3 is 2.77 bits per heavy atom. The molecule has 0 aliphatic rings. The molecule has 0 saturated heterocycles. The first kappa shape index (κ1) is 20.3. The number of nitrogens with zero attached hydrogens (tertiary/aromatic N) is 5. The van der Waals surface area contributed by atoms with Gasteiger partial charge in [0.1, 0.15) is 5.82 Å². The number of hydrogen-bond acceptors (Lipinski definition) is 8. The Morgan fingerprint density at radius 1 is 1.23 bits per heavy atom. The average molecular weight is 456 g/mol. The number of halogens is 1. The molecule has 0 radical (unpaired) electrons. The number of aromatic nitrogens is 4. The molecule has 0 aliphatic heterocycles. The molecule has 0 atom stereocenters. The van der Waals surface area contributed by atoms with Crippen LogP contribution in [0, 0.1) is 0 Å². The Bertz CT molecular complexity index is 1320. The van der Waals surface area contributed by atoms with Crippen LogP contribution in [-0.2, 0) is 0 Å². The number of benzene rings is 1. The predicted molar refractivity (Wildman–Crippen MR) is 122 cm³/mol. The number of pyridine rings is 2. The molecule has 30 heavy (non-hydrogen) atoms. The van der Waals surface area contributed by atoms with Crippen LogP contribution in [0.1, 0.15) is 5.56 Å². The van der Waals surface area contributed by atoms with Crippen LogP contribution in [0.25, 0.3) is 16.6 Å². The fraction of sp³-hybridized carbons (Fsp3) is 0.0500. The molecule has 0 saturated carbocycles. The van der Waals surface area contributed by atoms with Crippen molar-refractivity contribution < 1.29 is 5.11 Å². The van der Waals surface area contributed by atoms with E-state index >= 15 is 0 Å². The van der Waals surface area contributed by atoms with Crippen molar-refractivity contribution in [3.05, 3.63) is 76.2 Å². The van der Waals surface area contributed by atoms with Crippen molar-refractivity contribution in [2.45, 2.75) is 4.34 Å². The van der Waals surface area contributed by atoms with Crippen LogP contribution in [0.4, 0.5) is 5.13 Å². The zero-order valence-electron chi connectivity index (χ0n) is 15.4. The summed E-state index contributed by atoms with van der Waals surface area (Å²) < 4.78 is 1.90. The van der Waals surface area contributed by atoms with E-state index in [4.69, 9.17) is 11.6 Å². The summed E-state index contributed by atoms with van der Waals surface area (Å²) in [5, 5.41) is 20.9. The number of thioether (sulfide) groups is 1. The molecule has 4 rings (SSSR count). The van der Waals surface area contributed by atoms with Gasteiger partial charge >= 0.3 is 0 Å². The lowest BCUT2D eigenvalue weighted by atomic mass is 10.1. The van der Waals surface area contributed by atoms with Crippen LogP contribution in [0.2, 0.25) is 5.02 Å². The average Bonchev–Trinajstić information content (AvgIpc) is 3.21. The summed E-state index contributed by atoms with van der Waals surface area (Å²) in [5.74, 6) is 0.701. The molecule has 4 aromatic rings. The van der Waals surface area contributed by atoms with E-state index in [-0.39, 0.29) is 11.7 Å². The molecule has 1 N–H and O–H groups in total. The number of rotatable bonds is 6. The largest absolute Gasteiger partial charge is 0.494 e. The van der Waals surface area contributed by atoms with E-state index in [1.54, 1.807) is 42.5 Å². The van der Waals surface area contributed by atoms with Crippen LogP contribution in [0.15, 0.2) is 69.4 Å². The van der Waals surface area contributed by atoms with Crippen LogP contribution in [0.3, 0.4) is 0 Å². The molecule has 7 nitrogen and oxygen atoms in total. The van der Waals surface area contributed by atoms with Gasteiger partial charge in [0.25, 0.3) is 5.56 Å². The molecular formula is C20H14ClN5O2S2. The van der Waals surface area contributed by atoms with E-state index in [1.165, 1.54) is 35.5 Å². The highest BCUT2D eigenvalue weighted by atomic mass is 35.5. The second-order valence-electron chi connectivity index (χ2n) is 5.97. The third-order valence-corrected chi connectivity index (χ3v) is 6.25. The molecule has 0 unspecified atom stereocenters. The van der Waals surface area contributed by atoms with Gasteiger partial charge in [-0.3, -0.25) is 4.79 Å². The second-order valence-corrected chi connectivity index (χ2v) is 8.63. The van der Waals surface area contributed by atoms with Crippen LogP contribution in [-0.4, -0.2) is 36.8 Å². The molecule has 10 heteroatoms. The van der Waals surface area contributed by atoms with Gasteiger partial charge in [0.2, 0.25) is 11.0 Å². The van der Waals surface area contributed by atoms with Gasteiger partial charge < -0.3 is 5.11 Å². The van der Waals surface area contributed by atoms with Gasteiger partial charge in [-0.2, -0.15) is 0 Å². The maximum atomic E-state index is 13.0. The predicted octanol–water partition coefficient (Wildman–Crippen LogP) is 4.62. The Hall–Kier alpha value is -3.01. The van der Waals surface area contributed by atoms with Crippen molar-refractivity contribution in [1.29, 1.82) is 0 Å². The first-order valence-corrected chi connectivity index (χ1v) is 10.9. The highest BCUT2D eigenvalue weighted by Crippen LogP contribution is 2.29. The smallest absolute Gasteiger partial charge is 0.267 e. The van der Waals surface area contributed by atoms with Gasteiger partial charge in [0, 0.05) is 28.9 Å². The molecule has 3 aromatic heterocycles. The summed E-state index contributed by atoms with van der Waals surface area (Å²) >= 11 is 8.74. The van der Waals surface area contributed by atoms with Crippen molar-refractivity contribution in [3.63, 3.8) is 0 Å². The maximum absolute atomic E-state index is 13.0. The maximum Gasteiger partial charge on any atom is 0.267 e. The van der Waals surface area contributed by atoms with Gasteiger partial charge in [0.05, 0.1) is 10.6 Å². The molecule has 0 amide bonds. The normalized spacial score (nSPS) is 11.4. The van der Waals surface area contributed by atoms with E-state index in [0.717, 1.165) is 14.7 Å². The molecule has 1 aromatic carbocycles. The van der Waals surface area contributed by atoms with Crippen molar-refractivity contribution >= 4 is 56.8 Å². The molecule has 0 aliphatic carbocycles. The van der Waals surface area contributed by atoms with E-state index in [0.29, 0.717) is 26.5 Å². The monoisotopic (exact) mass is 455 g/mol. The Kier molecular flexibility index (Phi) is 5.93. The summed E-state index contributed by atoms with van der Waals surface area (Å²) in [6.07, 6.45) is 4.68. The summed E-state index contributed by atoms with van der Waals surface area (Å²) in [6.45, 7) is 3.68. The lowest BCUT2D eigenvalue weighted by Crippen LogP contribution is -2.21. The minimum Gasteiger partial charge on any atom is -0.494 e.